The van der Waals surface area contributed by atoms with Gasteiger partial charge in [-0.25, -0.2) is 9.97 Å². The zero-order valence-electron chi connectivity index (χ0n) is 13.6. The Bertz CT molecular complexity index is 668. The van der Waals surface area contributed by atoms with Crippen LogP contribution in [-0.2, 0) is 9.47 Å². The normalized spacial score (nSPS) is 20.3. The predicted octanol–water partition coefficient (Wildman–Crippen LogP) is 1.66. The van der Waals surface area contributed by atoms with Crippen molar-refractivity contribution in [1.29, 1.82) is 0 Å². The molecule has 2 aliphatic heterocycles. The average Bonchev–Trinajstić information content (AvgIpc) is 2.67. The molecule has 0 spiro atoms. The van der Waals surface area contributed by atoms with Crippen molar-refractivity contribution >= 4 is 5.82 Å². The number of ether oxygens (including phenoxy) is 2. The lowest BCUT2D eigenvalue weighted by Gasteiger charge is -2.49. The summed E-state index contributed by atoms with van der Waals surface area (Å²) in [7, 11) is 0. The van der Waals surface area contributed by atoms with Crippen LogP contribution in [0.2, 0.25) is 0 Å². The molecule has 2 aromatic rings. The second-order valence-electron chi connectivity index (χ2n) is 6.32. The van der Waals surface area contributed by atoms with Crippen LogP contribution in [0.3, 0.4) is 0 Å². The van der Waals surface area contributed by atoms with Crippen molar-refractivity contribution in [3.63, 3.8) is 0 Å². The first-order valence-electron chi connectivity index (χ1n) is 8.37. The van der Waals surface area contributed by atoms with Crippen LogP contribution in [-0.4, -0.2) is 66.5 Å². The smallest absolute Gasteiger partial charge is 0.137 e. The third-order valence-electron chi connectivity index (χ3n) is 4.81. The van der Waals surface area contributed by atoms with Crippen LogP contribution < -0.4 is 5.32 Å². The van der Waals surface area contributed by atoms with Gasteiger partial charge in [0.05, 0.1) is 32.0 Å². The second kappa shape index (κ2) is 6.84. The number of rotatable bonds is 4. The molecule has 0 atom stereocenters. The third-order valence-corrected chi connectivity index (χ3v) is 4.81. The number of anilines is 1. The van der Waals surface area contributed by atoms with Gasteiger partial charge in [0.25, 0.3) is 0 Å². The Morgan fingerprint density at radius 2 is 1.83 bits per heavy atom. The van der Waals surface area contributed by atoms with E-state index >= 15 is 0 Å². The fourth-order valence-electron chi connectivity index (χ4n) is 3.45. The topological polar surface area (TPSA) is 59.5 Å². The first-order chi connectivity index (χ1) is 11.9. The summed E-state index contributed by atoms with van der Waals surface area (Å²) in [4.78, 5) is 11.1. The molecule has 0 radical (unpaired) electrons. The van der Waals surface area contributed by atoms with Crippen molar-refractivity contribution in [3.05, 3.63) is 42.9 Å². The van der Waals surface area contributed by atoms with E-state index in [9.17, 15) is 0 Å². The van der Waals surface area contributed by atoms with Crippen LogP contribution >= 0.6 is 0 Å². The van der Waals surface area contributed by atoms with Crippen molar-refractivity contribution in [3.8, 4) is 11.1 Å². The van der Waals surface area contributed by atoms with E-state index in [2.05, 4.69) is 32.3 Å². The van der Waals surface area contributed by atoms with Crippen LogP contribution in [0.15, 0.2) is 42.9 Å². The maximum atomic E-state index is 5.75. The Kier molecular flexibility index (Phi) is 4.42. The van der Waals surface area contributed by atoms with Crippen LogP contribution in [0.5, 0.6) is 0 Å². The molecular formula is C18H22N4O2. The zero-order valence-corrected chi connectivity index (χ0v) is 13.6. The fourth-order valence-corrected chi connectivity index (χ4v) is 3.45. The van der Waals surface area contributed by atoms with Crippen molar-refractivity contribution in [2.24, 2.45) is 0 Å². The molecule has 0 saturated carbocycles. The van der Waals surface area contributed by atoms with E-state index in [-0.39, 0.29) is 5.54 Å². The monoisotopic (exact) mass is 326 g/mol. The summed E-state index contributed by atoms with van der Waals surface area (Å²) in [6.07, 6.45) is 3.44. The van der Waals surface area contributed by atoms with Crippen LogP contribution in [0.1, 0.15) is 0 Å². The largest absolute Gasteiger partial charge is 0.378 e. The first-order valence-corrected chi connectivity index (χ1v) is 8.37. The molecule has 0 amide bonds. The van der Waals surface area contributed by atoms with E-state index < -0.39 is 0 Å². The Labute approximate surface area is 141 Å². The highest BCUT2D eigenvalue weighted by Gasteiger charge is 2.42. The summed E-state index contributed by atoms with van der Waals surface area (Å²) in [5.74, 6) is 0.849. The minimum atomic E-state index is -0.116. The molecular weight excluding hydrogens is 304 g/mol. The molecule has 0 aliphatic carbocycles. The van der Waals surface area contributed by atoms with Gasteiger partial charge in [0.2, 0.25) is 0 Å². The SMILES string of the molecule is c1ccc(-c2cncnc2NCC23COCCN2CCOC3)cc1. The molecule has 24 heavy (non-hydrogen) atoms. The van der Waals surface area contributed by atoms with Gasteiger partial charge in [-0.2, -0.15) is 0 Å². The molecule has 6 nitrogen and oxygen atoms in total. The highest BCUT2D eigenvalue weighted by Crippen LogP contribution is 2.28. The van der Waals surface area contributed by atoms with Gasteiger partial charge in [-0.05, 0) is 5.56 Å². The molecule has 1 aromatic carbocycles. The van der Waals surface area contributed by atoms with E-state index in [1.54, 1.807) is 6.33 Å². The number of hydrogen-bond acceptors (Lipinski definition) is 6. The predicted molar refractivity (Wildman–Crippen MR) is 91.9 cm³/mol. The Morgan fingerprint density at radius 3 is 2.58 bits per heavy atom. The Balaban J connectivity index is 1.56. The number of benzene rings is 1. The standard InChI is InChI=1S/C18H22N4O2/c1-2-4-15(5-3-1)16-10-19-14-21-17(16)20-11-18-12-23-8-6-22(18)7-9-24-13-18/h1-5,10,14H,6-9,11-13H2,(H,19,20,21). The molecule has 1 N–H and O–H groups in total. The third kappa shape index (κ3) is 3.00. The van der Waals surface area contributed by atoms with Gasteiger partial charge < -0.3 is 14.8 Å². The minimum absolute atomic E-state index is 0.116. The highest BCUT2D eigenvalue weighted by molar-refractivity contribution is 5.74. The number of nitrogens with zero attached hydrogens (tertiary/aromatic N) is 3. The molecule has 6 heteroatoms. The summed E-state index contributed by atoms with van der Waals surface area (Å²) < 4.78 is 11.5. The summed E-state index contributed by atoms with van der Waals surface area (Å²) >= 11 is 0. The van der Waals surface area contributed by atoms with Gasteiger partial charge in [-0.3, -0.25) is 4.90 Å². The molecule has 1 aromatic heterocycles. The fraction of sp³-hybridized carbons (Fsp3) is 0.444. The molecule has 0 bridgehead atoms. The summed E-state index contributed by atoms with van der Waals surface area (Å²) in [5.41, 5.74) is 2.00. The summed E-state index contributed by atoms with van der Waals surface area (Å²) in [5, 5.41) is 3.52. The average molecular weight is 326 g/mol. The van der Waals surface area contributed by atoms with Gasteiger partial charge in [-0.15, -0.1) is 0 Å². The molecule has 4 rings (SSSR count). The number of aromatic nitrogens is 2. The van der Waals surface area contributed by atoms with Gasteiger partial charge in [0, 0.05) is 31.4 Å². The minimum Gasteiger partial charge on any atom is -0.378 e. The zero-order chi connectivity index (χ0) is 16.2. The maximum absolute atomic E-state index is 5.75. The summed E-state index contributed by atoms with van der Waals surface area (Å²) in [6, 6.07) is 10.2. The van der Waals surface area contributed by atoms with Crippen molar-refractivity contribution in [2.45, 2.75) is 5.54 Å². The van der Waals surface area contributed by atoms with E-state index in [4.69, 9.17) is 9.47 Å². The van der Waals surface area contributed by atoms with Gasteiger partial charge in [0.1, 0.15) is 12.1 Å². The number of nitrogens with one attached hydrogen (secondary N) is 1. The summed E-state index contributed by atoms with van der Waals surface area (Å²) in [6.45, 7) is 5.62. The first kappa shape index (κ1) is 15.5. The van der Waals surface area contributed by atoms with Gasteiger partial charge >= 0.3 is 0 Å². The Morgan fingerprint density at radius 1 is 1.08 bits per heavy atom. The van der Waals surface area contributed by atoms with E-state index in [0.717, 1.165) is 49.8 Å². The lowest BCUT2D eigenvalue weighted by atomic mass is 9.96. The second-order valence-corrected chi connectivity index (χ2v) is 6.32. The Hall–Kier alpha value is -2.02. The van der Waals surface area contributed by atoms with Crippen LogP contribution in [0.4, 0.5) is 5.82 Å². The van der Waals surface area contributed by atoms with Crippen molar-refractivity contribution in [2.75, 3.05) is 51.4 Å². The van der Waals surface area contributed by atoms with Crippen LogP contribution in [0.25, 0.3) is 11.1 Å². The lowest BCUT2D eigenvalue weighted by Crippen LogP contribution is -2.66. The van der Waals surface area contributed by atoms with Crippen molar-refractivity contribution < 1.29 is 9.47 Å². The lowest BCUT2D eigenvalue weighted by molar-refractivity contribution is -0.135. The number of hydrogen-bond donors (Lipinski definition) is 1. The molecule has 2 saturated heterocycles. The van der Waals surface area contributed by atoms with E-state index in [1.165, 1.54) is 0 Å². The van der Waals surface area contributed by atoms with Crippen molar-refractivity contribution in [1.82, 2.24) is 14.9 Å². The molecule has 2 aliphatic rings. The van der Waals surface area contributed by atoms with Gasteiger partial charge in [0.15, 0.2) is 0 Å². The molecule has 3 heterocycles. The highest BCUT2D eigenvalue weighted by atomic mass is 16.5. The number of morpholine rings is 2. The van der Waals surface area contributed by atoms with E-state index in [0.29, 0.717) is 13.2 Å². The molecule has 126 valence electrons. The van der Waals surface area contributed by atoms with Gasteiger partial charge in [-0.1, -0.05) is 30.3 Å². The number of fused-ring (bicyclic) bond motifs is 1. The quantitative estimate of drug-likeness (QED) is 0.922. The van der Waals surface area contributed by atoms with E-state index in [1.807, 2.05) is 24.4 Å². The molecule has 0 unspecified atom stereocenters. The maximum Gasteiger partial charge on any atom is 0.137 e. The van der Waals surface area contributed by atoms with Crippen LogP contribution in [0, 0.1) is 0 Å². The molecule has 2 fully saturated rings.